The lowest BCUT2D eigenvalue weighted by Crippen LogP contribution is -2.31. The molecule has 0 amide bonds. The van der Waals surface area contributed by atoms with Gasteiger partial charge in [0.1, 0.15) is 0 Å². The summed E-state index contributed by atoms with van der Waals surface area (Å²) >= 11 is 0. The summed E-state index contributed by atoms with van der Waals surface area (Å²) < 4.78 is 1.77. The van der Waals surface area contributed by atoms with E-state index in [0.717, 1.165) is 23.4 Å². The maximum atomic E-state index is 11.0. The Balaban J connectivity index is 1.64. The second-order valence-electron chi connectivity index (χ2n) is 6.64. The van der Waals surface area contributed by atoms with Gasteiger partial charge in [-0.25, -0.2) is 4.68 Å². The minimum absolute atomic E-state index is 0.0621. The molecule has 0 radical (unpaired) electrons. The van der Waals surface area contributed by atoms with Crippen LogP contribution in [0.3, 0.4) is 0 Å². The van der Waals surface area contributed by atoms with Gasteiger partial charge in [0.2, 0.25) is 0 Å². The Bertz CT molecular complexity index is 877. The fourth-order valence-corrected chi connectivity index (χ4v) is 3.04. The lowest BCUT2D eigenvalue weighted by atomic mass is 10.0. The number of para-hydroxylation sites is 1. The summed E-state index contributed by atoms with van der Waals surface area (Å²) in [4.78, 5) is 11.0. The van der Waals surface area contributed by atoms with Crippen LogP contribution < -0.4 is 5.32 Å². The number of rotatable bonds is 9. The van der Waals surface area contributed by atoms with Crippen molar-refractivity contribution in [2.75, 3.05) is 0 Å². The number of benzene rings is 2. The van der Waals surface area contributed by atoms with Crippen molar-refractivity contribution in [1.29, 1.82) is 0 Å². The van der Waals surface area contributed by atoms with E-state index < -0.39 is 5.97 Å². The van der Waals surface area contributed by atoms with Crippen molar-refractivity contribution >= 4 is 5.97 Å². The Morgan fingerprint density at radius 1 is 1.15 bits per heavy atom. The highest BCUT2D eigenvalue weighted by atomic mass is 16.4. The Morgan fingerprint density at radius 3 is 2.63 bits per heavy atom. The maximum Gasteiger partial charge on any atom is 0.303 e. The molecule has 1 atom stereocenters. The van der Waals surface area contributed by atoms with E-state index in [4.69, 9.17) is 5.11 Å². The number of nitrogens with zero attached hydrogens (tertiary/aromatic N) is 3. The molecular formula is C21H24N4O2. The molecule has 1 unspecified atom stereocenters. The zero-order valence-corrected chi connectivity index (χ0v) is 15.4. The zero-order valence-electron chi connectivity index (χ0n) is 15.4. The van der Waals surface area contributed by atoms with E-state index in [9.17, 15) is 4.79 Å². The molecule has 1 aromatic heterocycles. The summed E-state index contributed by atoms with van der Waals surface area (Å²) in [6, 6.07) is 18.2. The van der Waals surface area contributed by atoms with Crippen LogP contribution in [-0.2, 0) is 17.8 Å². The second-order valence-corrected chi connectivity index (χ2v) is 6.64. The summed E-state index contributed by atoms with van der Waals surface area (Å²) in [5.74, 6) is -0.777. The summed E-state index contributed by atoms with van der Waals surface area (Å²) in [5, 5.41) is 20.9. The van der Waals surface area contributed by atoms with E-state index in [-0.39, 0.29) is 12.5 Å². The van der Waals surface area contributed by atoms with Crippen molar-refractivity contribution in [3.63, 3.8) is 0 Å². The topological polar surface area (TPSA) is 80.0 Å². The quantitative estimate of drug-likeness (QED) is 0.610. The molecule has 3 rings (SSSR count). The monoisotopic (exact) mass is 364 g/mol. The molecule has 2 aromatic carbocycles. The first-order valence-electron chi connectivity index (χ1n) is 9.08. The van der Waals surface area contributed by atoms with Crippen LogP contribution in [0.1, 0.15) is 29.7 Å². The number of aliphatic carboxylic acids is 1. The third kappa shape index (κ3) is 5.49. The predicted octanol–water partition coefficient (Wildman–Crippen LogP) is 3.14. The van der Waals surface area contributed by atoms with E-state index >= 15 is 0 Å². The first-order chi connectivity index (χ1) is 13.1. The number of carbonyl (C=O) groups is 1. The molecule has 2 N–H and O–H groups in total. The molecule has 3 aromatic rings. The molecule has 0 saturated heterocycles. The second kappa shape index (κ2) is 9.09. The normalized spacial score (nSPS) is 12.0. The summed E-state index contributed by atoms with van der Waals surface area (Å²) in [6.45, 7) is 2.58. The van der Waals surface area contributed by atoms with E-state index in [0.29, 0.717) is 13.0 Å². The first-order valence-corrected chi connectivity index (χ1v) is 9.08. The van der Waals surface area contributed by atoms with Gasteiger partial charge >= 0.3 is 5.97 Å². The zero-order chi connectivity index (χ0) is 19.1. The Morgan fingerprint density at radius 2 is 1.89 bits per heavy atom. The van der Waals surface area contributed by atoms with Gasteiger partial charge in [-0.2, -0.15) is 0 Å². The fraction of sp³-hybridized carbons (Fsp3) is 0.286. The third-order valence-electron chi connectivity index (χ3n) is 4.51. The lowest BCUT2D eigenvalue weighted by molar-refractivity contribution is -0.137. The molecule has 1 heterocycles. The van der Waals surface area contributed by atoms with Crippen molar-refractivity contribution in [2.45, 2.75) is 38.8 Å². The van der Waals surface area contributed by atoms with Crippen LogP contribution in [0, 0.1) is 6.92 Å². The number of hydrogen-bond acceptors (Lipinski definition) is 4. The van der Waals surface area contributed by atoms with Gasteiger partial charge in [-0.1, -0.05) is 53.7 Å². The SMILES string of the molecule is Cc1ccccc1-n1cc(CNC(CCC(=O)O)Cc2ccccc2)nn1. The van der Waals surface area contributed by atoms with Crippen molar-refractivity contribution in [3.8, 4) is 5.69 Å². The van der Waals surface area contributed by atoms with Crippen molar-refractivity contribution in [3.05, 3.63) is 77.6 Å². The molecule has 0 fully saturated rings. The first kappa shape index (κ1) is 18.8. The van der Waals surface area contributed by atoms with Gasteiger partial charge in [0.05, 0.1) is 17.6 Å². The molecule has 27 heavy (non-hydrogen) atoms. The van der Waals surface area contributed by atoms with Crippen molar-refractivity contribution < 1.29 is 9.90 Å². The van der Waals surface area contributed by atoms with Crippen LogP contribution in [0.15, 0.2) is 60.8 Å². The van der Waals surface area contributed by atoms with Gasteiger partial charge in [-0.3, -0.25) is 4.79 Å². The molecule has 0 bridgehead atoms. The number of hydrogen-bond donors (Lipinski definition) is 2. The Labute approximate surface area is 158 Å². The Kier molecular flexibility index (Phi) is 6.33. The van der Waals surface area contributed by atoms with Gasteiger partial charge < -0.3 is 10.4 Å². The fourth-order valence-electron chi connectivity index (χ4n) is 3.04. The number of aryl methyl sites for hydroxylation is 1. The molecule has 0 aliphatic rings. The molecule has 0 aliphatic heterocycles. The number of nitrogens with one attached hydrogen (secondary N) is 1. The van der Waals surface area contributed by atoms with Crippen LogP contribution in [0.5, 0.6) is 0 Å². The lowest BCUT2D eigenvalue weighted by Gasteiger charge is -2.17. The average Bonchev–Trinajstić information content (AvgIpc) is 3.14. The van der Waals surface area contributed by atoms with E-state index in [1.807, 2.05) is 55.6 Å². The van der Waals surface area contributed by atoms with Gasteiger partial charge in [-0.15, -0.1) is 5.10 Å². The third-order valence-corrected chi connectivity index (χ3v) is 4.51. The largest absolute Gasteiger partial charge is 0.481 e. The molecule has 140 valence electrons. The molecule has 0 saturated carbocycles. The highest BCUT2D eigenvalue weighted by Crippen LogP contribution is 2.13. The minimum atomic E-state index is -0.777. The highest BCUT2D eigenvalue weighted by molar-refractivity contribution is 5.66. The van der Waals surface area contributed by atoms with Crippen LogP contribution in [0.2, 0.25) is 0 Å². The highest BCUT2D eigenvalue weighted by Gasteiger charge is 2.13. The molecule has 0 aliphatic carbocycles. The van der Waals surface area contributed by atoms with Crippen LogP contribution in [-0.4, -0.2) is 32.1 Å². The van der Waals surface area contributed by atoms with Crippen molar-refractivity contribution in [2.24, 2.45) is 0 Å². The standard InChI is InChI=1S/C21H24N4O2/c1-16-7-5-6-10-20(16)25-15-19(23-24-25)14-22-18(11-12-21(26)27)13-17-8-3-2-4-9-17/h2-10,15,18,22H,11-14H2,1H3,(H,26,27). The van der Waals surface area contributed by atoms with Crippen LogP contribution >= 0.6 is 0 Å². The smallest absolute Gasteiger partial charge is 0.303 e. The number of aromatic nitrogens is 3. The average molecular weight is 364 g/mol. The van der Waals surface area contributed by atoms with Gasteiger partial charge in [0, 0.05) is 19.0 Å². The van der Waals surface area contributed by atoms with E-state index in [2.05, 4.69) is 27.8 Å². The number of carboxylic acid groups (broad SMARTS) is 1. The van der Waals surface area contributed by atoms with Gasteiger partial charge in [-0.05, 0) is 37.0 Å². The van der Waals surface area contributed by atoms with E-state index in [1.165, 1.54) is 5.56 Å². The summed E-state index contributed by atoms with van der Waals surface area (Å²) in [5.41, 5.74) is 4.14. The number of carboxylic acids is 1. The van der Waals surface area contributed by atoms with Crippen LogP contribution in [0.25, 0.3) is 5.69 Å². The van der Waals surface area contributed by atoms with Crippen molar-refractivity contribution in [1.82, 2.24) is 20.3 Å². The van der Waals surface area contributed by atoms with Gasteiger partial charge in [0.15, 0.2) is 0 Å². The molecule has 0 spiro atoms. The predicted molar refractivity (Wildman–Crippen MR) is 104 cm³/mol. The molecule has 6 nitrogen and oxygen atoms in total. The van der Waals surface area contributed by atoms with Gasteiger partial charge in [0.25, 0.3) is 0 Å². The summed E-state index contributed by atoms with van der Waals surface area (Å²) in [7, 11) is 0. The molecule has 6 heteroatoms. The Hall–Kier alpha value is -2.99. The molecular weight excluding hydrogens is 340 g/mol. The van der Waals surface area contributed by atoms with E-state index in [1.54, 1.807) is 4.68 Å². The van der Waals surface area contributed by atoms with Crippen LogP contribution in [0.4, 0.5) is 0 Å². The summed E-state index contributed by atoms with van der Waals surface area (Å²) in [6.07, 6.45) is 3.39. The minimum Gasteiger partial charge on any atom is -0.481 e. The maximum absolute atomic E-state index is 11.0.